The van der Waals surface area contributed by atoms with E-state index in [9.17, 15) is 29.2 Å². The number of allylic oxidation sites excluding steroid dienone is 1. The van der Waals surface area contributed by atoms with E-state index in [0.29, 0.717) is 32.1 Å². The van der Waals surface area contributed by atoms with Gasteiger partial charge in [0.05, 0.1) is 18.8 Å². The molecule has 274 valence electrons. The van der Waals surface area contributed by atoms with Crippen LogP contribution in [0.5, 0.6) is 0 Å². The Labute approximate surface area is 282 Å². The van der Waals surface area contributed by atoms with Crippen LogP contribution in [0.15, 0.2) is 12.2 Å². The smallest absolute Gasteiger partial charge is 0.462 e. The molecule has 4 N–H and O–H groups in total. The van der Waals surface area contributed by atoms with Crippen LogP contribution >= 0.6 is 7.82 Å². The Hall–Kier alpha value is -1.62. The lowest BCUT2D eigenvalue weighted by Gasteiger charge is -2.19. The lowest BCUT2D eigenvalue weighted by atomic mass is 9.88. The molecule has 0 heterocycles. The van der Waals surface area contributed by atoms with Gasteiger partial charge < -0.3 is 29.5 Å². The number of carbonyl (C=O) groups excluding carboxylic acids is 3. The zero-order chi connectivity index (χ0) is 34.9. The largest absolute Gasteiger partial charge is 0.469 e. The van der Waals surface area contributed by atoms with Crippen molar-refractivity contribution in [2.75, 3.05) is 13.2 Å². The zero-order valence-corrected chi connectivity index (χ0v) is 29.8. The van der Waals surface area contributed by atoms with Crippen molar-refractivity contribution in [3.05, 3.63) is 12.2 Å². The molecule has 0 aromatic carbocycles. The van der Waals surface area contributed by atoms with Crippen molar-refractivity contribution >= 4 is 25.5 Å². The minimum atomic E-state index is -4.81. The van der Waals surface area contributed by atoms with Gasteiger partial charge in [0.1, 0.15) is 12.4 Å². The Balaban J connectivity index is 2.35. The molecule has 5 atom stereocenters. The molecular weight excluding hydrogens is 627 g/mol. The average molecular weight is 691 g/mol. The summed E-state index contributed by atoms with van der Waals surface area (Å²) >= 11 is 0. The maximum Gasteiger partial charge on any atom is 0.469 e. The topological polar surface area (TPSA) is 177 Å². The van der Waals surface area contributed by atoms with E-state index < -0.39 is 50.6 Å². The van der Waals surface area contributed by atoms with E-state index in [1.165, 1.54) is 32.1 Å². The van der Waals surface area contributed by atoms with Crippen LogP contribution in [0.2, 0.25) is 0 Å². The summed E-state index contributed by atoms with van der Waals surface area (Å²) in [5, 5.41) is 20.6. The maximum absolute atomic E-state index is 12.4. The van der Waals surface area contributed by atoms with Gasteiger partial charge in [0, 0.05) is 25.2 Å². The number of phosphoric ester groups is 1. The predicted molar refractivity (Wildman–Crippen MR) is 180 cm³/mol. The number of carbonyl (C=O) groups is 3. The number of ether oxygens (including phenoxy) is 2. The third-order valence-corrected chi connectivity index (χ3v) is 9.18. The van der Waals surface area contributed by atoms with Crippen LogP contribution in [0, 0.1) is 11.8 Å². The number of hydrogen-bond acceptors (Lipinski definition) is 9. The second-order valence-electron chi connectivity index (χ2n) is 13.0. The molecule has 12 heteroatoms. The lowest BCUT2D eigenvalue weighted by Crippen LogP contribution is -2.29. The summed E-state index contributed by atoms with van der Waals surface area (Å²) in [6.45, 7) is 3.34. The molecule has 1 fully saturated rings. The molecule has 0 amide bonds. The minimum Gasteiger partial charge on any atom is -0.462 e. The summed E-state index contributed by atoms with van der Waals surface area (Å²) in [5.74, 6) is -1.63. The van der Waals surface area contributed by atoms with E-state index in [1.807, 2.05) is 0 Å². The predicted octanol–water partition coefficient (Wildman–Crippen LogP) is 6.88. The number of esters is 2. The SMILES string of the molecule is CCCCCCCCCCCC(=O)OC[C@H](COP(=O)(O)O)OC(=O)CCCCCC[C@H]1[C@@H](O)CC(=O)[C@@H]1/C=C/[C@@H](O)CCCCC. The van der Waals surface area contributed by atoms with Crippen LogP contribution in [0.4, 0.5) is 0 Å². The molecule has 0 unspecified atom stereocenters. The fraction of sp³-hybridized carbons (Fsp3) is 0.857. The first-order valence-electron chi connectivity index (χ1n) is 18.1. The van der Waals surface area contributed by atoms with E-state index in [1.54, 1.807) is 12.2 Å². The Morgan fingerprint density at radius 1 is 0.830 bits per heavy atom. The molecule has 1 saturated carbocycles. The van der Waals surface area contributed by atoms with Crippen LogP contribution in [0.25, 0.3) is 0 Å². The molecule has 0 aromatic rings. The minimum absolute atomic E-state index is 0.00582. The fourth-order valence-corrected chi connectivity index (χ4v) is 6.28. The highest BCUT2D eigenvalue weighted by atomic mass is 31.2. The van der Waals surface area contributed by atoms with E-state index in [0.717, 1.165) is 51.4 Å². The third kappa shape index (κ3) is 22.6. The first-order chi connectivity index (χ1) is 22.5. The van der Waals surface area contributed by atoms with Gasteiger partial charge >= 0.3 is 19.8 Å². The Morgan fingerprint density at radius 2 is 1.38 bits per heavy atom. The Bertz CT molecular complexity index is 934. The first kappa shape index (κ1) is 43.4. The van der Waals surface area contributed by atoms with Gasteiger partial charge in [0.2, 0.25) is 0 Å². The van der Waals surface area contributed by atoms with Crippen molar-refractivity contribution in [2.45, 2.75) is 167 Å². The van der Waals surface area contributed by atoms with Crippen molar-refractivity contribution in [1.29, 1.82) is 0 Å². The highest BCUT2D eigenvalue weighted by Crippen LogP contribution is 2.36. The van der Waals surface area contributed by atoms with Gasteiger partial charge in [-0.2, -0.15) is 0 Å². The van der Waals surface area contributed by atoms with Gasteiger partial charge in [-0.25, -0.2) is 4.57 Å². The summed E-state index contributed by atoms with van der Waals surface area (Å²) in [6.07, 6.45) is 18.6. The van der Waals surface area contributed by atoms with Crippen LogP contribution in [-0.4, -0.2) is 69.2 Å². The summed E-state index contributed by atoms with van der Waals surface area (Å²) in [5.41, 5.74) is 0. The van der Waals surface area contributed by atoms with Crippen LogP contribution < -0.4 is 0 Å². The lowest BCUT2D eigenvalue weighted by molar-refractivity contribution is -0.161. The number of ketones is 1. The molecule has 0 saturated heterocycles. The summed E-state index contributed by atoms with van der Waals surface area (Å²) in [7, 11) is -4.81. The normalized spacial score (nSPS) is 19.7. The van der Waals surface area contributed by atoms with E-state index >= 15 is 0 Å². The molecule has 47 heavy (non-hydrogen) atoms. The van der Waals surface area contributed by atoms with E-state index in [-0.39, 0.29) is 37.6 Å². The molecule has 1 aliphatic rings. The Morgan fingerprint density at radius 3 is 2.00 bits per heavy atom. The van der Waals surface area contributed by atoms with Crippen molar-refractivity contribution in [2.24, 2.45) is 11.8 Å². The number of aliphatic hydroxyl groups is 2. The number of hydrogen-bond donors (Lipinski definition) is 4. The first-order valence-corrected chi connectivity index (χ1v) is 19.6. The quantitative estimate of drug-likeness (QED) is 0.0279. The molecule has 1 rings (SSSR count). The van der Waals surface area contributed by atoms with Crippen molar-refractivity contribution in [3.63, 3.8) is 0 Å². The number of Topliss-reactive ketones (excluding diaryl/α,β-unsaturated/α-hetero) is 1. The molecule has 0 bridgehead atoms. The second-order valence-corrected chi connectivity index (χ2v) is 14.2. The van der Waals surface area contributed by atoms with Crippen LogP contribution in [0.3, 0.4) is 0 Å². The van der Waals surface area contributed by atoms with Gasteiger partial charge in [0.15, 0.2) is 6.10 Å². The van der Waals surface area contributed by atoms with Gasteiger partial charge in [0.25, 0.3) is 0 Å². The average Bonchev–Trinajstić information content (AvgIpc) is 3.29. The molecule has 11 nitrogen and oxygen atoms in total. The van der Waals surface area contributed by atoms with Gasteiger partial charge in [-0.1, -0.05) is 116 Å². The van der Waals surface area contributed by atoms with E-state index in [4.69, 9.17) is 19.3 Å². The summed E-state index contributed by atoms with van der Waals surface area (Å²) < 4.78 is 26.2. The van der Waals surface area contributed by atoms with Crippen LogP contribution in [0.1, 0.15) is 149 Å². The molecule has 0 radical (unpaired) electrons. The molecule has 0 aromatic heterocycles. The van der Waals surface area contributed by atoms with Gasteiger partial charge in [-0.05, 0) is 31.6 Å². The monoisotopic (exact) mass is 690 g/mol. The molecule has 0 spiro atoms. The zero-order valence-electron chi connectivity index (χ0n) is 28.9. The van der Waals surface area contributed by atoms with Crippen LogP contribution in [-0.2, 0) is 32.9 Å². The molecular formula is C35H63O11P. The van der Waals surface area contributed by atoms with E-state index in [2.05, 4.69) is 18.4 Å². The maximum atomic E-state index is 12.4. The summed E-state index contributed by atoms with van der Waals surface area (Å²) in [6, 6.07) is 0. The van der Waals surface area contributed by atoms with Crippen molar-refractivity contribution in [3.8, 4) is 0 Å². The number of rotatable bonds is 29. The fourth-order valence-electron chi connectivity index (χ4n) is 5.92. The molecule has 0 aliphatic heterocycles. The number of aliphatic hydroxyl groups excluding tert-OH is 2. The van der Waals surface area contributed by atoms with Crippen molar-refractivity contribution in [1.82, 2.24) is 0 Å². The van der Waals surface area contributed by atoms with Gasteiger partial charge in [-0.3, -0.25) is 18.9 Å². The third-order valence-electron chi connectivity index (χ3n) is 8.69. The summed E-state index contributed by atoms with van der Waals surface area (Å²) in [4.78, 5) is 55.2. The van der Waals surface area contributed by atoms with Gasteiger partial charge in [-0.15, -0.1) is 0 Å². The second kappa shape index (κ2) is 26.3. The number of unbranched alkanes of at least 4 members (excludes halogenated alkanes) is 13. The highest BCUT2D eigenvalue weighted by molar-refractivity contribution is 7.46. The number of phosphoric acid groups is 1. The highest BCUT2D eigenvalue weighted by Gasteiger charge is 2.39. The van der Waals surface area contributed by atoms with Crippen molar-refractivity contribution < 1.29 is 52.9 Å². The standard InChI is InChI=1S/C35H63O11P/c1-3-5-7-8-9-10-11-12-17-21-34(39)44-26-29(27-45-47(41,42)43)46-35(40)22-18-14-13-16-20-30-31(33(38)25-32(30)37)24-23-28(36)19-15-6-4-2/h23-24,28-32,36-37H,3-22,25-27H2,1-2H3,(H2,41,42,43)/b24-23+/t28-,29+,30+,31+,32-/m0/s1. The molecule has 1 aliphatic carbocycles. The Kier molecular flexibility index (Phi) is 24.3.